The molecule has 1 heterocycles. The summed E-state index contributed by atoms with van der Waals surface area (Å²) < 4.78 is 11.5. The first kappa shape index (κ1) is 14.2. The van der Waals surface area contributed by atoms with Gasteiger partial charge in [-0.15, -0.1) is 0 Å². The molecule has 1 fully saturated rings. The fourth-order valence-electron chi connectivity index (χ4n) is 3.56. The van der Waals surface area contributed by atoms with Crippen molar-refractivity contribution in [1.29, 1.82) is 0 Å². The van der Waals surface area contributed by atoms with Gasteiger partial charge in [-0.05, 0) is 42.4 Å². The first-order valence-corrected chi connectivity index (χ1v) is 8.70. The third-order valence-electron chi connectivity index (χ3n) is 4.91. The summed E-state index contributed by atoms with van der Waals surface area (Å²) in [5, 5.41) is 0. The molecule has 1 aliphatic carbocycles. The van der Waals surface area contributed by atoms with Crippen molar-refractivity contribution < 1.29 is 9.47 Å². The quantitative estimate of drug-likeness (QED) is 0.700. The van der Waals surface area contributed by atoms with Crippen molar-refractivity contribution in [2.45, 2.75) is 50.3 Å². The van der Waals surface area contributed by atoms with E-state index in [9.17, 15) is 0 Å². The minimum atomic E-state index is 0.416. The average molecular weight is 339 g/mol. The SMILES string of the molecule is CCC1(C(Br)c2ccc3c(c2)OCCCO3)CCCC1. The molecule has 110 valence electrons. The molecule has 0 spiro atoms. The van der Waals surface area contributed by atoms with Crippen LogP contribution in [0.2, 0.25) is 0 Å². The number of halogens is 1. The summed E-state index contributed by atoms with van der Waals surface area (Å²) in [7, 11) is 0. The van der Waals surface area contributed by atoms with Crippen LogP contribution in [0.3, 0.4) is 0 Å². The van der Waals surface area contributed by atoms with Crippen LogP contribution >= 0.6 is 15.9 Å². The third-order valence-corrected chi connectivity index (χ3v) is 6.41. The molecule has 20 heavy (non-hydrogen) atoms. The van der Waals surface area contributed by atoms with Crippen molar-refractivity contribution in [2.75, 3.05) is 13.2 Å². The van der Waals surface area contributed by atoms with Gasteiger partial charge in [-0.2, -0.15) is 0 Å². The van der Waals surface area contributed by atoms with E-state index < -0.39 is 0 Å². The molecule has 1 atom stereocenters. The summed E-state index contributed by atoms with van der Waals surface area (Å²) in [5.74, 6) is 1.80. The number of hydrogen-bond acceptors (Lipinski definition) is 2. The molecule has 0 amide bonds. The van der Waals surface area contributed by atoms with Crippen molar-refractivity contribution in [1.82, 2.24) is 0 Å². The van der Waals surface area contributed by atoms with Gasteiger partial charge in [-0.25, -0.2) is 0 Å². The summed E-state index contributed by atoms with van der Waals surface area (Å²) in [6.07, 6.45) is 7.57. The van der Waals surface area contributed by atoms with Crippen LogP contribution in [0, 0.1) is 5.41 Å². The van der Waals surface area contributed by atoms with E-state index in [0.29, 0.717) is 10.2 Å². The molecule has 2 aliphatic rings. The minimum absolute atomic E-state index is 0.416. The Kier molecular flexibility index (Phi) is 4.25. The number of alkyl halides is 1. The molecule has 0 aromatic heterocycles. The Labute approximate surface area is 130 Å². The van der Waals surface area contributed by atoms with Crippen LogP contribution in [0.25, 0.3) is 0 Å². The van der Waals surface area contributed by atoms with Crippen molar-refractivity contribution in [3.05, 3.63) is 23.8 Å². The van der Waals surface area contributed by atoms with Gasteiger partial charge in [-0.1, -0.05) is 41.8 Å². The van der Waals surface area contributed by atoms with Gasteiger partial charge < -0.3 is 9.47 Å². The van der Waals surface area contributed by atoms with Gasteiger partial charge >= 0.3 is 0 Å². The van der Waals surface area contributed by atoms with E-state index in [1.165, 1.54) is 37.7 Å². The predicted octanol–water partition coefficient (Wildman–Crippen LogP) is 5.25. The minimum Gasteiger partial charge on any atom is -0.490 e. The zero-order chi connectivity index (χ0) is 14.0. The van der Waals surface area contributed by atoms with Gasteiger partial charge in [0.15, 0.2) is 11.5 Å². The van der Waals surface area contributed by atoms with Gasteiger partial charge in [0.2, 0.25) is 0 Å². The van der Waals surface area contributed by atoms with Gasteiger partial charge in [-0.3, -0.25) is 0 Å². The zero-order valence-corrected chi connectivity index (χ0v) is 13.7. The molecule has 1 aromatic carbocycles. The lowest BCUT2D eigenvalue weighted by atomic mass is 9.77. The van der Waals surface area contributed by atoms with Crippen LogP contribution in [0.5, 0.6) is 11.5 Å². The standard InChI is InChI=1S/C17H23BrO2/c1-2-17(8-3-4-9-17)16(18)13-6-7-14-15(12-13)20-11-5-10-19-14/h6-7,12,16H,2-5,8-11H2,1H3. The number of benzene rings is 1. The van der Waals surface area contributed by atoms with Crippen molar-refractivity contribution in [2.24, 2.45) is 5.41 Å². The molecule has 0 radical (unpaired) electrons. The van der Waals surface area contributed by atoms with Gasteiger partial charge in [0.1, 0.15) is 0 Å². The Balaban J connectivity index is 1.88. The molecule has 3 rings (SSSR count). The normalized spacial score (nSPS) is 22.3. The number of rotatable bonds is 3. The second-order valence-electron chi connectivity index (χ2n) is 6.04. The Morgan fingerprint density at radius 3 is 2.50 bits per heavy atom. The molecule has 2 nitrogen and oxygen atoms in total. The van der Waals surface area contributed by atoms with Gasteiger partial charge in [0.25, 0.3) is 0 Å². The van der Waals surface area contributed by atoms with Crippen LogP contribution in [-0.4, -0.2) is 13.2 Å². The fraction of sp³-hybridized carbons (Fsp3) is 0.647. The Hall–Kier alpha value is -0.700. The summed E-state index contributed by atoms with van der Waals surface area (Å²) in [4.78, 5) is 0.416. The topological polar surface area (TPSA) is 18.5 Å². The van der Waals surface area contributed by atoms with Crippen LogP contribution < -0.4 is 9.47 Å². The highest BCUT2D eigenvalue weighted by Crippen LogP contribution is 2.54. The van der Waals surface area contributed by atoms with E-state index in [0.717, 1.165) is 31.1 Å². The molecule has 0 bridgehead atoms. The molecule has 1 saturated carbocycles. The van der Waals surface area contributed by atoms with Gasteiger partial charge in [0, 0.05) is 11.2 Å². The molecule has 0 N–H and O–H groups in total. The van der Waals surface area contributed by atoms with E-state index >= 15 is 0 Å². The molecule has 1 aliphatic heterocycles. The van der Waals surface area contributed by atoms with Crippen LogP contribution in [0.15, 0.2) is 18.2 Å². The fourth-order valence-corrected chi connectivity index (χ4v) is 4.62. The Bertz CT molecular complexity index is 466. The molecular formula is C17H23BrO2. The highest BCUT2D eigenvalue weighted by molar-refractivity contribution is 9.09. The number of fused-ring (bicyclic) bond motifs is 1. The summed E-state index contributed by atoms with van der Waals surface area (Å²) in [6, 6.07) is 6.45. The predicted molar refractivity (Wildman–Crippen MR) is 84.9 cm³/mol. The van der Waals surface area contributed by atoms with E-state index in [2.05, 4.69) is 41.1 Å². The summed E-state index contributed by atoms with van der Waals surface area (Å²) in [6.45, 7) is 3.83. The molecule has 0 saturated heterocycles. The lowest BCUT2D eigenvalue weighted by Crippen LogP contribution is -2.21. The largest absolute Gasteiger partial charge is 0.490 e. The van der Waals surface area contributed by atoms with Gasteiger partial charge in [0.05, 0.1) is 13.2 Å². The smallest absolute Gasteiger partial charge is 0.161 e. The first-order chi connectivity index (χ1) is 9.75. The van der Waals surface area contributed by atoms with Crippen LogP contribution in [0.4, 0.5) is 0 Å². The van der Waals surface area contributed by atoms with Crippen LogP contribution in [0.1, 0.15) is 55.8 Å². The third kappa shape index (κ3) is 2.57. The van der Waals surface area contributed by atoms with E-state index in [1.807, 2.05) is 0 Å². The highest BCUT2D eigenvalue weighted by atomic mass is 79.9. The number of hydrogen-bond donors (Lipinski definition) is 0. The molecular weight excluding hydrogens is 316 g/mol. The van der Waals surface area contributed by atoms with E-state index in [1.54, 1.807) is 0 Å². The lowest BCUT2D eigenvalue weighted by Gasteiger charge is -2.33. The molecule has 3 heteroatoms. The lowest BCUT2D eigenvalue weighted by molar-refractivity contribution is 0.278. The first-order valence-electron chi connectivity index (χ1n) is 7.79. The maximum Gasteiger partial charge on any atom is 0.161 e. The zero-order valence-electron chi connectivity index (χ0n) is 12.2. The summed E-state index contributed by atoms with van der Waals surface area (Å²) in [5.41, 5.74) is 1.75. The highest BCUT2D eigenvalue weighted by Gasteiger charge is 2.39. The van der Waals surface area contributed by atoms with Crippen molar-refractivity contribution >= 4 is 15.9 Å². The van der Waals surface area contributed by atoms with E-state index in [4.69, 9.17) is 9.47 Å². The average Bonchev–Trinajstić information content (AvgIpc) is 2.85. The molecule has 1 unspecified atom stereocenters. The van der Waals surface area contributed by atoms with E-state index in [-0.39, 0.29) is 0 Å². The second kappa shape index (κ2) is 5.97. The Morgan fingerprint density at radius 2 is 1.80 bits per heavy atom. The summed E-state index contributed by atoms with van der Waals surface area (Å²) >= 11 is 3.98. The maximum absolute atomic E-state index is 5.82. The maximum atomic E-state index is 5.82. The Morgan fingerprint density at radius 1 is 1.10 bits per heavy atom. The van der Waals surface area contributed by atoms with Crippen molar-refractivity contribution in [3.63, 3.8) is 0 Å². The number of ether oxygens (including phenoxy) is 2. The second-order valence-corrected chi connectivity index (χ2v) is 6.96. The van der Waals surface area contributed by atoms with Crippen molar-refractivity contribution in [3.8, 4) is 11.5 Å². The van der Waals surface area contributed by atoms with Crippen LogP contribution in [-0.2, 0) is 0 Å². The monoisotopic (exact) mass is 338 g/mol. The molecule has 1 aromatic rings.